The van der Waals surface area contributed by atoms with Crippen LogP contribution in [0.2, 0.25) is 0 Å². The van der Waals surface area contributed by atoms with Crippen LogP contribution in [0.25, 0.3) is 0 Å². The molecule has 1 N–H and O–H groups in total. The van der Waals surface area contributed by atoms with E-state index in [2.05, 4.69) is 5.32 Å². The molecule has 1 amide bonds. The SMILES string of the molecule is CC(C)(C)OC(=O)N1CCN[C@@H]2c3ccc(C(F)(F)F)cc3OC[C@@H]21. The minimum absolute atomic E-state index is 0.116. The molecule has 0 bridgehead atoms. The summed E-state index contributed by atoms with van der Waals surface area (Å²) >= 11 is 0. The van der Waals surface area contributed by atoms with Gasteiger partial charge in [0.1, 0.15) is 18.0 Å². The van der Waals surface area contributed by atoms with Crippen molar-refractivity contribution in [3.63, 3.8) is 0 Å². The number of rotatable bonds is 0. The number of hydrogen-bond donors (Lipinski definition) is 1. The molecule has 0 aromatic heterocycles. The summed E-state index contributed by atoms with van der Waals surface area (Å²) in [4.78, 5) is 14.0. The number of amides is 1. The van der Waals surface area contributed by atoms with Crippen molar-refractivity contribution < 1.29 is 27.4 Å². The van der Waals surface area contributed by atoms with Crippen LogP contribution in [0.3, 0.4) is 0 Å². The predicted octanol–water partition coefficient (Wildman–Crippen LogP) is 3.35. The molecule has 2 aliphatic heterocycles. The van der Waals surface area contributed by atoms with Gasteiger partial charge < -0.3 is 14.8 Å². The molecular formula is C17H21F3N2O3. The monoisotopic (exact) mass is 358 g/mol. The summed E-state index contributed by atoms with van der Waals surface area (Å²) in [7, 11) is 0. The van der Waals surface area contributed by atoms with Crippen LogP contribution in [-0.2, 0) is 10.9 Å². The van der Waals surface area contributed by atoms with Crippen LogP contribution in [0.1, 0.15) is 37.9 Å². The maximum Gasteiger partial charge on any atom is 0.416 e. The summed E-state index contributed by atoms with van der Waals surface area (Å²) in [6.07, 6.45) is -4.86. The Morgan fingerprint density at radius 3 is 2.68 bits per heavy atom. The number of alkyl halides is 3. The first-order valence-corrected chi connectivity index (χ1v) is 8.13. The summed E-state index contributed by atoms with van der Waals surface area (Å²) in [5.74, 6) is 0.203. The van der Waals surface area contributed by atoms with Gasteiger partial charge in [0.05, 0.1) is 17.6 Å². The maximum absolute atomic E-state index is 12.9. The Hall–Kier alpha value is -1.96. The predicted molar refractivity (Wildman–Crippen MR) is 84.4 cm³/mol. The number of ether oxygens (including phenoxy) is 2. The third kappa shape index (κ3) is 3.68. The Labute approximate surface area is 144 Å². The largest absolute Gasteiger partial charge is 0.491 e. The molecule has 5 nitrogen and oxygen atoms in total. The summed E-state index contributed by atoms with van der Waals surface area (Å²) in [5, 5.41) is 3.27. The first-order chi connectivity index (χ1) is 11.6. The van der Waals surface area contributed by atoms with Gasteiger partial charge in [0.2, 0.25) is 0 Å². The number of hydrogen-bond acceptors (Lipinski definition) is 4. The van der Waals surface area contributed by atoms with Crippen LogP contribution in [-0.4, -0.2) is 42.3 Å². The van der Waals surface area contributed by atoms with Crippen LogP contribution in [0, 0.1) is 0 Å². The topological polar surface area (TPSA) is 50.8 Å². The van der Waals surface area contributed by atoms with Crippen LogP contribution in [0.5, 0.6) is 5.75 Å². The number of fused-ring (bicyclic) bond motifs is 3. The van der Waals surface area contributed by atoms with Crippen LogP contribution in [0.15, 0.2) is 18.2 Å². The molecule has 0 spiro atoms. The van der Waals surface area contributed by atoms with E-state index in [1.807, 2.05) is 0 Å². The molecule has 1 saturated heterocycles. The molecule has 2 atom stereocenters. The quantitative estimate of drug-likeness (QED) is 0.773. The second-order valence-corrected chi connectivity index (χ2v) is 7.23. The van der Waals surface area contributed by atoms with E-state index in [9.17, 15) is 18.0 Å². The fraction of sp³-hybridized carbons (Fsp3) is 0.588. The number of nitrogens with zero attached hydrogens (tertiary/aromatic N) is 1. The summed E-state index contributed by atoms with van der Waals surface area (Å²) in [6, 6.07) is 2.86. The van der Waals surface area contributed by atoms with E-state index in [-0.39, 0.29) is 24.4 Å². The molecule has 3 rings (SSSR count). The zero-order chi connectivity index (χ0) is 18.4. The lowest BCUT2D eigenvalue weighted by atomic mass is 9.92. The van der Waals surface area contributed by atoms with E-state index >= 15 is 0 Å². The van der Waals surface area contributed by atoms with Gasteiger partial charge in [0.25, 0.3) is 0 Å². The average Bonchev–Trinajstić information content (AvgIpc) is 2.51. The second-order valence-electron chi connectivity index (χ2n) is 7.23. The first-order valence-electron chi connectivity index (χ1n) is 8.13. The molecular weight excluding hydrogens is 337 g/mol. The molecule has 2 aliphatic rings. The van der Waals surface area contributed by atoms with Gasteiger partial charge >= 0.3 is 12.3 Å². The number of carbonyl (C=O) groups is 1. The van der Waals surface area contributed by atoms with Gasteiger partial charge in [0, 0.05) is 18.7 Å². The summed E-state index contributed by atoms with van der Waals surface area (Å²) in [6.45, 7) is 6.46. The lowest BCUT2D eigenvalue weighted by Gasteiger charge is -2.44. The highest BCUT2D eigenvalue weighted by Gasteiger charge is 2.42. The molecule has 0 radical (unpaired) electrons. The van der Waals surface area contributed by atoms with Crippen molar-refractivity contribution >= 4 is 6.09 Å². The molecule has 8 heteroatoms. The van der Waals surface area contributed by atoms with Crippen molar-refractivity contribution in [1.29, 1.82) is 0 Å². The van der Waals surface area contributed by atoms with Crippen LogP contribution in [0.4, 0.5) is 18.0 Å². The van der Waals surface area contributed by atoms with E-state index in [4.69, 9.17) is 9.47 Å². The fourth-order valence-electron chi connectivity index (χ4n) is 3.14. The van der Waals surface area contributed by atoms with Crippen molar-refractivity contribution in [2.45, 2.75) is 44.6 Å². The zero-order valence-electron chi connectivity index (χ0n) is 14.3. The number of nitrogens with one attached hydrogen (secondary N) is 1. The highest BCUT2D eigenvalue weighted by molar-refractivity contribution is 5.69. The summed E-state index contributed by atoms with van der Waals surface area (Å²) in [5.41, 5.74) is -0.742. The average molecular weight is 358 g/mol. The molecule has 0 saturated carbocycles. The van der Waals surface area contributed by atoms with Crippen molar-refractivity contribution in [2.75, 3.05) is 19.7 Å². The summed E-state index contributed by atoms with van der Waals surface area (Å²) < 4.78 is 49.6. The smallest absolute Gasteiger partial charge is 0.416 e. The molecule has 0 unspecified atom stereocenters. The standard InChI is InChI=1S/C17H21F3N2O3/c1-16(2,3)25-15(23)22-7-6-21-14-11-5-4-10(17(18,19)20)8-13(11)24-9-12(14)22/h4-5,8,12,14,21H,6-7,9H2,1-3H3/t12-,14+/m0/s1. The Balaban J connectivity index is 1.85. The first kappa shape index (κ1) is 17.8. The van der Waals surface area contributed by atoms with Gasteiger partial charge in [-0.05, 0) is 32.9 Å². The highest BCUT2D eigenvalue weighted by Crippen LogP contribution is 2.40. The van der Waals surface area contributed by atoms with Crippen molar-refractivity contribution in [1.82, 2.24) is 10.2 Å². The lowest BCUT2D eigenvalue weighted by molar-refractivity contribution is -0.137. The lowest BCUT2D eigenvalue weighted by Crippen LogP contribution is -2.59. The van der Waals surface area contributed by atoms with E-state index in [0.717, 1.165) is 12.1 Å². The Bertz CT molecular complexity index is 670. The minimum atomic E-state index is -4.42. The molecule has 1 aromatic rings. The fourth-order valence-corrected chi connectivity index (χ4v) is 3.14. The molecule has 138 valence electrons. The molecule has 1 aromatic carbocycles. The van der Waals surface area contributed by atoms with Crippen LogP contribution < -0.4 is 10.1 Å². The van der Waals surface area contributed by atoms with Gasteiger partial charge in [-0.3, -0.25) is 4.90 Å². The minimum Gasteiger partial charge on any atom is -0.491 e. The highest BCUT2D eigenvalue weighted by atomic mass is 19.4. The third-order valence-corrected chi connectivity index (χ3v) is 4.22. The second kappa shape index (κ2) is 6.09. The van der Waals surface area contributed by atoms with Gasteiger partial charge in [-0.2, -0.15) is 13.2 Å². The normalized spacial score (nSPS) is 23.4. The molecule has 2 heterocycles. The third-order valence-electron chi connectivity index (χ3n) is 4.22. The van der Waals surface area contributed by atoms with Gasteiger partial charge in [0.15, 0.2) is 0 Å². The number of benzene rings is 1. The van der Waals surface area contributed by atoms with Crippen LogP contribution >= 0.6 is 0 Å². The van der Waals surface area contributed by atoms with E-state index < -0.39 is 23.4 Å². The zero-order valence-corrected chi connectivity index (χ0v) is 14.3. The number of piperazine rings is 1. The molecule has 25 heavy (non-hydrogen) atoms. The molecule has 0 aliphatic carbocycles. The van der Waals surface area contributed by atoms with Crippen molar-refractivity contribution in [3.05, 3.63) is 29.3 Å². The Morgan fingerprint density at radius 2 is 2.04 bits per heavy atom. The van der Waals surface area contributed by atoms with Crippen molar-refractivity contribution in [3.8, 4) is 5.75 Å². The van der Waals surface area contributed by atoms with Gasteiger partial charge in [-0.25, -0.2) is 4.79 Å². The van der Waals surface area contributed by atoms with E-state index in [1.165, 1.54) is 6.07 Å². The number of carbonyl (C=O) groups excluding carboxylic acids is 1. The van der Waals surface area contributed by atoms with Gasteiger partial charge in [-0.15, -0.1) is 0 Å². The maximum atomic E-state index is 12.9. The Morgan fingerprint density at radius 1 is 1.32 bits per heavy atom. The van der Waals surface area contributed by atoms with E-state index in [0.29, 0.717) is 18.7 Å². The Kier molecular flexibility index (Phi) is 4.35. The number of halogens is 3. The van der Waals surface area contributed by atoms with E-state index in [1.54, 1.807) is 25.7 Å². The van der Waals surface area contributed by atoms with Crippen molar-refractivity contribution in [2.24, 2.45) is 0 Å². The van der Waals surface area contributed by atoms with Gasteiger partial charge in [-0.1, -0.05) is 6.07 Å². The molecule has 1 fully saturated rings.